The standard InChI is InChI=1S/C32H32N2O5S/c1-6-7-14-39-24-13-11-21(17-25(24)38-5)28-27(29(35)22-15-18(2)8-10-20(22)4)30(36)31(37)34(28)32-33-23-12-9-19(3)16-26(23)40-32/h8-13,15-17,28,35H,6-7,14H2,1-5H3/b29-27+. The van der Waals surface area contributed by atoms with E-state index in [1.165, 1.54) is 16.2 Å². The topological polar surface area (TPSA) is 89.0 Å². The van der Waals surface area contributed by atoms with Crippen molar-refractivity contribution in [2.24, 2.45) is 0 Å². The highest BCUT2D eigenvalue weighted by Gasteiger charge is 2.48. The van der Waals surface area contributed by atoms with E-state index in [-0.39, 0.29) is 11.3 Å². The van der Waals surface area contributed by atoms with Gasteiger partial charge in [-0.1, -0.05) is 54.5 Å². The molecule has 4 aromatic rings. The molecule has 206 valence electrons. The number of unbranched alkanes of at least 4 members (excludes halogenated alkanes) is 1. The van der Waals surface area contributed by atoms with Crippen LogP contribution in [0.3, 0.4) is 0 Å². The second kappa shape index (κ2) is 11.1. The number of carbonyl (C=O) groups excluding carboxylic acids is 2. The van der Waals surface area contributed by atoms with E-state index >= 15 is 0 Å². The number of amides is 1. The van der Waals surface area contributed by atoms with Gasteiger partial charge in [0.25, 0.3) is 5.78 Å². The van der Waals surface area contributed by atoms with Crippen LogP contribution in [-0.4, -0.2) is 35.5 Å². The highest BCUT2D eigenvalue weighted by atomic mass is 32.1. The van der Waals surface area contributed by atoms with Gasteiger partial charge in [0.15, 0.2) is 16.6 Å². The number of rotatable bonds is 8. The van der Waals surface area contributed by atoms with Crippen molar-refractivity contribution in [1.82, 2.24) is 4.98 Å². The van der Waals surface area contributed by atoms with Crippen LogP contribution in [-0.2, 0) is 9.59 Å². The maximum absolute atomic E-state index is 13.7. The molecule has 0 saturated carbocycles. The molecular formula is C32H32N2O5S. The number of aliphatic hydroxyl groups excluding tert-OH is 1. The first-order valence-corrected chi connectivity index (χ1v) is 14.1. The Morgan fingerprint density at radius 2 is 1.75 bits per heavy atom. The number of aliphatic hydroxyl groups is 1. The fourth-order valence-corrected chi connectivity index (χ4v) is 5.99. The van der Waals surface area contributed by atoms with Crippen LogP contribution in [0.1, 0.15) is 53.6 Å². The number of anilines is 1. The number of ketones is 1. The van der Waals surface area contributed by atoms with Gasteiger partial charge in [-0.25, -0.2) is 4.98 Å². The van der Waals surface area contributed by atoms with E-state index in [0.29, 0.717) is 34.4 Å². The molecule has 0 radical (unpaired) electrons. The summed E-state index contributed by atoms with van der Waals surface area (Å²) in [5, 5.41) is 12.0. The fourth-order valence-electron chi connectivity index (χ4n) is 4.90. The second-order valence-electron chi connectivity index (χ2n) is 10.1. The Bertz CT molecular complexity index is 1650. The number of thiazole rings is 1. The number of hydrogen-bond acceptors (Lipinski definition) is 7. The van der Waals surface area contributed by atoms with E-state index in [1.807, 2.05) is 57.2 Å². The summed E-state index contributed by atoms with van der Waals surface area (Å²) in [5.41, 5.74) is 4.64. The minimum Gasteiger partial charge on any atom is -0.507 e. The van der Waals surface area contributed by atoms with Crippen LogP contribution in [0.4, 0.5) is 5.13 Å². The van der Waals surface area contributed by atoms with E-state index in [1.54, 1.807) is 25.3 Å². The van der Waals surface area contributed by atoms with Crippen molar-refractivity contribution in [3.05, 3.63) is 88.0 Å². The van der Waals surface area contributed by atoms with Crippen molar-refractivity contribution >= 4 is 44.1 Å². The number of ether oxygens (including phenoxy) is 2. The lowest BCUT2D eigenvalue weighted by Crippen LogP contribution is -2.29. The number of methoxy groups -OCH3 is 1. The lowest BCUT2D eigenvalue weighted by Gasteiger charge is -2.24. The summed E-state index contributed by atoms with van der Waals surface area (Å²) in [7, 11) is 1.55. The molecular weight excluding hydrogens is 524 g/mol. The third kappa shape index (κ3) is 4.95. The van der Waals surface area contributed by atoms with Crippen LogP contribution in [0.15, 0.2) is 60.2 Å². The molecule has 0 aliphatic carbocycles. The normalized spacial score (nSPS) is 16.6. The minimum atomic E-state index is -0.917. The smallest absolute Gasteiger partial charge is 0.301 e. The van der Waals surface area contributed by atoms with Gasteiger partial charge in [-0.2, -0.15) is 0 Å². The molecule has 1 N–H and O–H groups in total. The lowest BCUT2D eigenvalue weighted by molar-refractivity contribution is -0.132. The molecule has 1 unspecified atom stereocenters. The molecule has 1 amide bonds. The molecule has 40 heavy (non-hydrogen) atoms. The van der Waals surface area contributed by atoms with Crippen LogP contribution in [0.5, 0.6) is 11.5 Å². The summed E-state index contributed by atoms with van der Waals surface area (Å²) in [6.07, 6.45) is 1.90. The lowest BCUT2D eigenvalue weighted by atomic mass is 9.93. The zero-order valence-corrected chi connectivity index (χ0v) is 24.1. The van der Waals surface area contributed by atoms with E-state index in [2.05, 4.69) is 6.92 Å². The number of fused-ring (bicyclic) bond motifs is 1. The summed E-state index contributed by atoms with van der Waals surface area (Å²) in [4.78, 5) is 33.4. The van der Waals surface area contributed by atoms with Crippen LogP contribution in [0.2, 0.25) is 0 Å². The summed E-state index contributed by atoms with van der Waals surface area (Å²) in [5.74, 6) is -0.672. The Kier molecular flexibility index (Phi) is 7.63. The van der Waals surface area contributed by atoms with Crippen molar-refractivity contribution in [2.45, 2.75) is 46.6 Å². The number of carbonyl (C=O) groups is 2. The highest BCUT2D eigenvalue weighted by Crippen LogP contribution is 2.46. The Hall–Kier alpha value is -4.17. The number of benzene rings is 3. The minimum absolute atomic E-state index is 0.0100. The fraction of sp³-hybridized carbons (Fsp3) is 0.281. The Morgan fingerprint density at radius 3 is 2.50 bits per heavy atom. The highest BCUT2D eigenvalue weighted by molar-refractivity contribution is 7.22. The first-order chi connectivity index (χ1) is 19.2. The molecule has 0 bridgehead atoms. The molecule has 1 saturated heterocycles. The van der Waals surface area contributed by atoms with Gasteiger partial charge < -0.3 is 14.6 Å². The van der Waals surface area contributed by atoms with Gasteiger partial charge in [0.1, 0.15) is 5.76 Å². The molecule has 1 aromatic heterocycles. The van der Waals surface area contributed by atoms with Crippen molar-refractivity contribution < 1.29 is 24.2 Å². The molecule has 0 spiro atoms. The predicted octanol–water partition coefficient (Wildman–Crippen LogP) is 7.04. The molecule has 1 aliphatic heterocycles. The zero-order valence-electron chi connectivity index (χ0n) is 23.3. The quantitative estimate of drug-likeness (QED) is 0.108. The van der Waals surface area contributed by atoms with Crippen molar-refractivity contribution in [1.29, 1.82) is 0 Å². The maximum atomic E-state index is 13.7. The summed E-state index contributed by atoms with van der Waals surface area (Å²) in [6.45, 7) is 8.40. The molecule has 8 heteroatoms. The monoisotopic (exact) mass is 556 g/mol. The van der Waals surface area contributed by atoms with Crippen molar-refractivity contribution in [3.8, 4) is 11.5 Å². The molecule has 1 atom stereocenters. The molecule has 1 aliphatic rings. The number of Topliss-reactive ketones (excluding diaryl/α,β-unsaturated/α-hetero) is 1. The predicted molar refractivity (Wildman–Crippen MR) is 158 cm³/mol. The maximum Gasteiger partial charge on any atom is 0.301 e. The van der Waals surface area contributed by atoms with Gasteiger partial charge in [-0.05, 0) is 74.2 Å². The van der Waals surface area contributed by atoms with Crippen LogP contribution in [0.25, 0.3) is 16.0 Å². The van der Waals surface area contributed by atoms with Gasteiger partial charge in [0.05, 0.1) is 35.5 Å². The van der Waals surface area contributed by atoms with E-state index in [0.717, 1.165) is 39.7 Å². The van der Waals surface area contributed by atoms with Crippen LogP contribution in [0, 0.1) is 20.8 Å². The molecule has 3 aromatic carbocycles. The second-order valence-corrected chi connectivity index (χ2v) is 11.1. The summed E-state index contributed by atoms with van der Waals surface area (Å²) < 4.78 is 12.5. The molecule has 7 nitrogen and oxygen atoms in total. The van der Waals surface area contributed by atoms with E-state index in [9.17, 15) is 14.7 Å². The molecule has 2 heterocycles. The average Bonchev–Trinajstić information content (AvgIpc) is 3.47. The van der Waals surface area contributed by atoms with Crippen molar-refractivity contribution in [2.75, 3.05) is 18.6 Å². The SMILES string of the molecule is CCCCOc1ccc(C2/C(=C(\O)c3cc(C)ccc3C)C(=O)C(=O)N2c2nc3ccc(C)cc3s2)cc1OC. The van der Waals surface area contributed by atoms with Crippen LogP contribution < -0.4 is 14.4 Å². The first kappa shape index (κ1) is 27.4. The molecule has 5 rings (SSSR count). The number of hydrogen-bond donors (Lipinski definition) is 1. The average molecular weight is 557 g/mol. The Labute approximate surface area is 237 Å². The van der Waals surface area contributed by atoms with E-state index < -0.39 is 17.7 Å². The zero-order chi connectivity index (χ0) is 28.6. The number of aromatic nitrogens is 1. The third-order valence-electron chi connectivity index (χ3n) is 7.09. The number of nitrogens with zero attached hydrogens (tertiary/aromatic N) is 2. The Balaban J connectivity index is 1.71. The van der Waals surface area contributed by atoms with Crippen LogP contribution >= 0.6 is 11.3 Å². The summed E-state index contributed by atoms with van der Waals surface area (Å²) >= 11 is 1.34. The van der Waals surface area contributed by atoms with E-state index in [4.69, 9.17) is 14.5 Å². The van der Waals surface area contributed by atoms with Gasteiger partial charge >= 0.3 is 5.91 Å². The summed E-state index contributed by atoms with van der Waals surface area (Å²) in [6, 6.07) is 15.9. The number of aryl methyl sites for hydroxylation is 3. The first-order valence-electron chi connectivity index (χ1n) is 13.3. The Morgan fingerprint density at radius 1 is 1.00 bits per heavy atom. The van der Waals surface area contributed by atoms with Gasteiger partial charge in [0.2, 0.25) is 0 Å². The largest absolute Gasteiger partial charge is 0.507 e. The van der Waals surface area contributed by atoms with Gasteiger partial charge in [0, 0.05) is 5.56 Å². The van der Waals surface area contributed by atoms with Gasteiger partial charge in [-0.3, -0.25) is 14.5 Å². The van der Waals surface area contributed by atoms with Crippen molar-refractivity contribution in [3.63, 3.8) is 0 Å². The third-order valence-corrected chi connectivity index (χ3v) is 8.11. The van der Waals surface area contributed by atoms with Gasteiger partial charge in [-0.15, -0.1) is 0 Å². The molecule has 1 fully saturated rings.